The minimum atomic E-state index is -4.71. The summed E-state index contributed by atoms with van der Waals surface area (Å²) in [6.45, 7) is 1.94. The molecule has 1 aromatic heterocycles. The van der Waals surface area contributed by atoms with E-state index in [9.17, 15) is 13.2 Å². The Kier molecular flexibility index (Phi) is 4.95. The normalized spacial score (nSPS) is 13.2. The summed E-state index contributed by atoms with van der Waals surface area (Å²) in [7, 11) is 1.71. The molecule has 0 saturated carbocycles. The van der Waals surface area contributed by atoms with E-state index in [0.717, 1.165) is 14.2 Å². The van der Waals surface area contributed by atoms with Crippen LogP contribution in [0.15, 0.2) is 34.1 Å². The minimum absolute atomic E-state index is 0.188. The van der Waals surface area contributed by atoms with Crippen molar-refractivity contribution in [1.82, 2.24) is 5.32 Å². The van der Waals surface area contributed by atoms with Gasteiger partial charge in [-0.15, -0.1) is 24.5 Å². The van der Waals surface area contributed by atoms with Gasteiger partial charge in [0.25, 0.3) is 0 Å². The first-order chi connectivity index (χ1) is 9.81. The summed E-state index contributed by atoms with van der Waals surface area (Å²) in [6.07, 6.45) is -4.71. The summed E-state index contributed by atoms with van der Waals surface area (Å²) < 4.78 is 42.6. The highest BCUT2D eigenvalue weighted by Crippen LogP contribution is 2.38. The molecule has 0 spiro atoms. The molecule has 1 atom stereocenters. The standard InChI is InChI=1S/C14H13BrF3NOS/c1-8-7-11(21-13(8)15)12(19-2)9-5-3-4-6-10(9)20-14(16,17)18/h3-7,12,19H,1-2H3. The monoisotopic (exact) mass is 379 g/mol. The van der Waals surface area contributed by atoms with E-state index < -0.39 is 6.36 Å². The van der Waals surface area contributed by atoms with Gasteiger partial charge in [-0.25, -0.2) is 0 Å². The zero-order chi connectivity index (χ0) is 15.6. The fourth-order valence-electron chi connectivity index (χ4n) is 2.01. The number of thiophene rings is 1. The number of rotatable bonds is 4. The SMILES string of the molecule is CNC(c1cc(C)c(Br)s1)c1ccccc1OC(F)(F)F. The highest BCUT2D eigenvalue weighted by atomic mass is 79.9. The summed E-state index contributed by atoms with van der Waals surface area (Å²) in [5.41, 5.74) is 1.50. The molecular weight excluding hydrogens is 367 g/mol. The molecule has 1 N–H and O–H groups in total. The Balaban J connectivity index is 2.43. The van der Waals surface area contributed by atoms with Gasteiger partial charge in [0.1, 0.15) is 5.75 Å². The van der Waals surface area contributed by atoms with E-state index in [2.05, 4.69) is 26.0 Å². The molecule has 1 aromatic carbocycles. The van der Waals surface area contributed by atoms with Gasteiger partial charge in [-0.2, -0.15) is 0 Å². The highest BCUT2D eigenvalue weighted by molar-refractivity contribution is 9.11. The number of alkyl halides is 3. The number of aryl methyl sites for hydroxylation is 1. The summed E-state index contributed by atoms with van der Waals surface area (Å²) in [6, 6.07) is 7.75. The van der Waals surface area contributed by atoms with Crippen LogP contribution in [0.5, 0.6) is 5.75 Å². The molecule has 21 heavy (non-hydrogen) atoms. The molecule has 0 saturated heterocycles. The van der Waals surface area contributed by atoms with E-state index in [1.807, 2.05) is 13.0 Å². The Labute approximate surface area is 133 Å². The van der Waals surface area contributed by atoms with Gasteiger partial charge in [0, 0.05) is 10.4 Å². The van der Waals surface area contributed by atoms with Gasteiger partial charge >= 0.3 is 6.36 Å². The number of para-hydroxylation sites is 1. The van der Waals surface area contributed by atoms with Crippen molar-refractivity contribution in [2.45, 2.75) is 19.3 Å². The molecule has 2 rings (SSSR count). The van der Waals surface area contributed by atoms with Gasteiger partial charge in [0.05, 0.1) is 9.83 Å². The lowest BCUT2D eigenvalue weighted by atomic mass is 10.0. The van der Waals surface area contributed by atoms with Crippen LogP contribution in [0.4, 0.5) is 13.2 Å². The number of hydrogen-bond donors (Lipinski definition) is 1. The van der Waals surface area contributed by atoms with E-state index in [4.69, 9.17) is 0 Å². The maximum Gasteiger partial charge on any atom is 0.573 e. The first kappa shape index (κ1) is 16.3. The molecule has 7 heteroatoms. The fourth-order valence-corrected chi connectivity index (χ4v) is 3.71. The lowest BCUT2D eigenvalue weighted by Crippen LogP contribution is -2.22. The second kappa shape index (κ2) is 6.37. The van der Waals surface area contributed by atoms with Crippen LogP contribution in [-0.4, -0.2) is 13.4 Å². The van der Waals surface area contributed by atoms with Gasteiger partial charge in [-0.3, -0.25) is 0 Å². The summed E-state index contributed by atoms with van der Waals surface area (Å²) in [5.74, 6) is -0.188. The van der Waals surface area contributed by atoms with Crippen LogP contribution < -0.4 is 10.1 Å². The van der Waals surface area contributed by atoms with Crippen molar-refractivity contribution >= 4 is 27.3 Å². The average molecular weight is 380 g/mol. The molecule has 0 aliphatic heterocycles. The Bertz CT molecular complexity index is 607. The highest BCUT2D eigenvalue weighted by Gasteiger charge is 2.33. The quantitative estimate of drug-likeness (QED) is 0.804. The Morgan fingerprint density at radius 1 is 1.29 bits per heavy atom. The third-order valence-corrected chi connectivity index (χ3v) is 5.11. The number of halogens is 4. The molecule has 0 aliphatic carbocycles. The van der Waals surface area contributed by atoms with E-state index >= 15 is 0 Å². The maximum absolute atomic E-state index is 12.5. The van der Waals surface area contributed by atoms with Gasteiger partial charge in [0.15, 0.2) is 0 Å². The molecule has 0 amide bonds. The van der Waals surface area contributed by atoms with Crippen LogP contribution in [0.3, 0.4) is 0 Å². The Hall–Kier alpha value is -1.05. The van der Waals surface area contributed by atoms with Gasteiger partial charge in [-0.05, 0) is 47.6 Å². The second-order valence-electron chi connectivity index (χ2n) is 4.41. The van der Waals surface area contributed by atoms with Gasteiger partial charge in [0.2, 0.25) is 0 Å². The van der Waals surface area contributed by atoms with E-state index in [1.165, 1.54) is 23.5 Å². The van der Waals surface area contributed by atoms with Crippen LogP contribution >= 0.6 is 27.3 Å². The Morgan fingerprint density at radius 2 is 1.95 bits per heavy atom. The van der Waals surface area contributed by atoms with Crippen molar-refractivity contribution in [3.63, 3.8) is 0 Å². The van der Waals surface area contributed by atoms with E-state index in [1.54, 1.807) is 19.2 Å². The van der Waals surface area contributed by atoms with E-state index in [0.29, 0.717) is 5.56 Å². The summed E-state index contributed by atoms with van der Waals surface area (Å²) in [5, 5.41) is 3.04. The van der Waals surface area contributed by atoms with Crippen molar-refractivity contribution in [2.75, 3.05) is 7.05 Å². The predicted molar refractivity (Wildman–Crippen MR) is 80.8 cm³/mol. The third kappa shape index (κ3) is 3.99. The van der Waals surface area contributed by atoms with E-state index in [-0.39, 0.29) is 11.8 Å². The van der Waals surface area contributed by atoms with Crippen LogP contribution in [0.2, 0.25) is 0 Å². The summed E-state index contributed by atoms with van der Waals surface area (Å²) in [4.78, 5) is 0.917. The van der Waals surface area contributed by atoms with Crippen LogP contribution in [0, 0.1) is 6.92 Å². The largest absolute Gasteiger partial charge is 0.573 e. The Morgan fingerprint density at radius 3 is 2.48 bits per heavy atom. The van der Waals surface area contributed by atoms with Crippen LogP contribution in [-0.2, 0) is 0 Å². The topological polar surface area (TPSA) is 21.3 Å². The van der Waals surface area contributed by atoms with Crippen molar-refractivity contribution in [3.8, 4) is 5.75 Å². The van der Waals surface area contributed by atoms with Crippen LogP contribution in [0.1, 0.15) is 22.0 Å². The van der Waals surface area contributed by atoms with Crippen molar-refractivity contribution in [2.24, 2.45) is 0 Å². The lowest BCUT2D eigenvalue weighted by Gasteiger charge is -2.19. The van der Waals surface area contributed by atoms with Crippen molar-refractivity contribution in [1.29, 1.82) is 0 Å². The molecule has 0 fully saturated rings. The van der Waals surface area contributed by atoms with Gasteiger partial charge < -0.3 is 10.1 Å². The van der Waals surface area contributed by atoms with Crippen molar-refractivity contribution in [3.05, 3.63) is 50.1 Å². The van der Waals surface area contributed by atoms with Gasteiger partial charge in [-0.1, -0.05) is 18.2 Å². The third-order valence-electron chi connectivity index (χ3n) is 2.91. The smallest absolute Gasteiger partial charge is 0.405 e. The first-order valence-electron chi connectivity index (χ1n) is 6.09. The molecule has 2 nitrogen and oxygen atoms in total. The predicted octanol–water partition coefficient (Wildman–Crippen LogP) is 5.03. The molecule has 1 heterocycles. The zero-order valence-corrected chi connectivity index (χ0v) is 13.7. The number of hydrogen-bond acceptors (Lipinski definition) is 3. The molecule has 0 aliphatic rings. The second-order valence-corrected chi connectivity index (χ2v) is 6.81. The number of benzene rings is 1. The average Bonchev–Trinajstić information content (AvgIpc) is 2.70. The molecular formula is C14H13BrF3NOS. The molecule has 0 bridgehead atoms. The fraction of sp³-hybridized carbons (Fsp3) is 0.286. The van der Waals surface area contributed by atoms with Crippen LogP contribution in [0.25, 0.3) is 0 Å². The first-order valence-corrected chi connectivity index (χ1v) is 7.70. The summed E-state index contributed by atoms with van der Waals surface area (Å²) >= 11 is 4.92. The van der Waals surface area contributed by atoms with Crippen molar-refractivity contribution < 1.29 is 17.9 Å². The molecule has 114 valence electrons. The number of ether oxygens (including phenoxy) is 1. The maximum atomic E-state index is 12.5. The molecule has 1 unspecified atom stereocenters. The number of nitrogens with one attached hydrogen (secondary N) is 1. The molecule has 2 aromatic rings. The molecule has 0 radical (unpaired) electrons. The minimum Gasteiger partial charge on any atom is -0.405 e. The lowest BCUT2D eigenvalue weighted by molar-refractivity contribution is -0.275. The zero-order valence-electron chi connectivity index (χ0n) is 11.3.